The molecule has 0 fully saturated rings. The molecule has 0 amide bonds. The summed E-state index contributed by atoms with van der Waals surface area (Å²) in [6.07, 6.45) is 2.44. The zero-order valence-electron chi connectivity index (χ0n) is 10.7. The first kappa shape index (κ1) is 20.7. The van der Waals surface area contributed by atoms with Crippen LogP contribution < -0.4 is 10.2 Å². The van der Waals surface area contributed by atoms with Crippen molar-refractivity contribution in [3.05, 3.63) is 72.7 Å². The van der Waals surface area contributed by atoms with Crippen LogP contribution in [0.2, 0.25) is 0 Å². The van der Waals surface area contributed by atoms with Crippen molar-refractivity contribution in [2.45, 2.75) is 0 Å². The third-order valence-corrected chi connectivity index (χ3v) is 1.64. The Morgan fingerprint density at radius 2 is 1.48 bits per heavy atom. The van der Waals surface area contributed by atoms with E-state index in [1.807, 2.05) is 60.7 Å². The first-order valence-corrected chi connectivity index (χ1v) is 5.30. The topological polar surface area (TPSA) is 89.5 Å². The normalized spacial score (nSPS) is 7.38. The van der Waals surface area contributed by atoms with Gasteiger partial charge in [0.1, 0.15) is 0 Å². The summed E-state index contributed by atoms with van der Waals surface area (Å²) in [5, 5.41) is 18.1. The van der Waals surface area contributed by atoms with E-state index in [0.29, 0.717) is 0 Å². The van der Waals surface area contributed by atoms with Gasteiger partial charge in [0.15, 0.2) is 0 Å². The van der Waals surface area contributed by atoms with E-state index < -0.39 is 12.3 Å². The van der Waals surface area contributed by atoms with Crippen molar-refractivity contribution in [1.82, 2.24) is 0 Å². The molecule has 0 bridgehead atoms. The summed E-state index contributed by atoms with van der Waals surface area (Å²) in [7, 11) is 0. The van der Waals surface area contributed by atoms with Crippen LogP contribution in [0.15, 0.2) is 60.7 Å². The van der Waals surface area contributed by atoms with Gasteiger partial charge in [-0.1, -0.05) is 18.2 Å². The van der Waals surface area contributed by atoms with Gasteiger partial charge < -0.3 is 31.0 Å². The Morgan fingerprint density at radius 3 is 1.67 bits per heavy atom. The molecule has 0 atom stereocenters. The van der Waals surface area contributed by atoms with Crippen LogP contribution in [0.1, 0.15) is 5.56 Å². The van der Waals surface area contributed by atoms with Crippen molar-refractivity contribution in [2.75, 3.05) is 0 Å². The minimum absolute atomic E-state index is 0. The maximum Gasteiger partial charge on any atom is 4.00 e. The zero-order valence-corrected chi connectivity index (χ0v) is 11.8. The molecule has 0 aliphatic heterocycles. The predicted molar refractivity (Wildman–Crippen MR) is 66.6 cm³/mol. The molecule has 108 valence electrons. The van der Waals surface area contributed by atoms with Gasteiger partial charge in [0.25, 0.3) is 12.3 Å². The van der Waals surface area contributed by atoms with E-state index in [1.54, 1.807) is 0 Å². The molecule has 0 saturated heterocycles. The van der Waals surface area contributed by atoms with Crippen molar-refractivity contribution >= 4 is 12.3 Å². The molecule has 0 aliphatic carbocycles. The summed E-state index contributed by atoms with van der Waals surface area (Å²) < 4.78 is 2.86. The average molecular weight is 326 g/mol. The van der Waals surface area contributed by atoms with Gasteiger partial charge in [-0.2, -0.15) is 18.2 Å². The SMILES string of the molecule is O=C([O-])OC(=O)[O-].[C-]#Cc1ccccc1.[Fe+4].c1cc[cH-]c1. The third-order valence-electron chi connectivity index (χ3n) is 1.64. The van der Waals surface area contributed by atoms with E-state index in [4.69, 9.17) is 26.2 Å². The molecule has 2 aromatic carbocycles. The predicted octanol–water partition coefficient (Wildman–Crippen LogP) is 0.717. The first-order chi connectivity index (χ1) is 9.56. The quantitative estimate of drug-likeness (QED) is 0.234. The summed E-state index contributed by atoms with van der Waals surface area (Å²) in [5.41, 5.74) is 0.826. The minimum Gasteiger partial charge on any atom is -0.483 e. The molecule has 0 saturated carbocycles. The molecule has 0 N–H and O–H groups in total. The van der Waals surface area contributed by atoms with Crippen LogP contribution in [-0.2, 0) is 21.8 Å². The van der Waals surface area contributed by atoms with Crippen LogP contribution in [0.3, 0.4) is 0 Å². The second kappa shape index (κ2) is 13.8. The minimum atomic E-state index is -2.12. The second-order valence-electron chi connectivity index (χ2n) is 3.06. The summed E-state index contributed by atoms with van der Waals surface area (Å²) >= 11 is 0. The van der Waals surface area contributed by atoms with Gasteiger partial charge in [0.2, 0.25) is 0 Å². The number of carbonyl (C=O) groups excluding carboxylic acids is 2. The van der Waals surface area contributed by atoms with Gasteiger partial charge in [0.05, 0.1) is 0 Å². The van der Waals surface area contributed by atoms with E-state index in [1.165, 1.54) is 0 Å². The van der Waals surface area contributed by atoms with Crippen molar-refractivity contribution in [3.63, 3.8) is 0 Å². The standard InChI is InChI=1S/C8H5.C5H5.C2H2O5.Fe/c1-2-8-6-4-3-5-7-8;1-2-4-5-3-1;3-1(4)7-2(5)6;/h3-7H;1-5H;(H,3,4)(H,5,6);/q2*-1;;+4/p-2. The van der Waals surface area contributed by atoms with Gasteiger partial charge in [-0.15, -0.1) is 17.7 Å². The molecule has 2 rings (SSSR count). The van der Waals surface area contributed by atoms with Crippen molar-refractivity contribution in [3.8, 4) is 5.92 Å². The van der Waals surface area contributed by atoms with Gasteiger partial charge >= 0.3 is 17.1 Å². The smallest absolute Gasteiger partial charge is 0.483 e. The summed E-state index contributed by atoms with van der Waals surface area (Å²) in [6.45, 7) is 0. The summed E-state index contributed by atoms with van der Waals surface area (Å²) in [5.74, 6) is 2.28. The molecular weight excluding hydrogens is 316 g/mol. The first-order valence-electron chi connectivity index (χ1n) is 5.30. The fourth-order valence-corrected chi connectivity index (χ4v) is 0.910. The number of carboxylic acid groups (broad SMARTS) is 2. The van der Waals surface area contributed by atoms with Gasteiger partial charge in [0, 0.05) is 0 Å². The molecule has 21 heavy (non-hydrogen) atoms. The van der Waals surface area contributed by atoms with Crippen LogP contribution in [-0.4, -0.2) is 12.3 Å². The number of benzene rings is 1. The van der Waals surface area contributed by atoms with E-state index in [0.717, 1.165) is 5.56 Å². The van der Waals surface area contributed by atoms with E-state index >= 15 is 0 Å². The fraction of sp³-hybridized carbons (Fsp3) is 0. The van der Waals surface area contributed by atoms with Crippen LogP contribution in [0.25, 0.3) is 0 Å². The molecule has 0 radical (unpaired) electrons. The molecular formula is C15H10FeO5. The Labute approximate surface area is 133 Å². The fourth-order valence-electron chi connectivity index (χ4n) is 0.910. The Hall–Kier alpha value is -2.61. The molecule has 0 aliphatic rings. The van der Waals surface area contributed by atoms with E-state index in [-0.39, 0.29) is 17.1 Å². The number of ether oxygens (including phenoxy) is 1. The third kappa shape index (κ3) is 15.3. The Kier molecular flexibility index (Phi) is 13.6. The van der Waals surface area contributed by atoms with Crippen molar-refractivity contribution in [1.29, 1.82) is 0 Å². The maximum atomic E-state index is 9.06. The van der Waals surface area contributed by atoms with Gasteiger partial charge in [-0.3, -0.25) is 5.92 Å². The van der Waals surface area contributed by atoms with Gasteiger partial charge in [-0.25, -0.2) is 12.1 Å². The van der Waals surface area contributed by atoms with E-state index in [2.05, 4.69) is 10.7 Å². The van der Waals surface area contributed by atoms with Crippen LogP contribution >= 0.6 is 0 Å². The monoisotopic (exact) mass is 326 g/mol. The zero-order chi connectivity index (χ0) is 15.2. The van der Waals surface area contributed by atoms with E-state index in [9.17, 15) is 0 Å². The van der Waals surface area contributed by atoms with Crippen LogP contribution in [0.5, 0.6) is 0 Å². The summed E-state index contributed by atoms with van der Waals surface area (Å²) in [6, 6.07) is 19.4. The van der Waals surface area contributed by atoms with Gasteiger partial charge in [-0.05, 0) is 0 Å². The number of carbonyl (C=O) groups is 2. The molecule has 6 heteroatoms. The molecule has 0 heterocycles. The van der Waals surface area contributed by atoms with Crippen LogP contribution in [0.4, 0.5) is 9.59 Å². The largest absolute Gasteiger partial charge is 4.00 e. The molecule has 5 nitrogen and oxygen atoms in total. The Balaban J connectivity index is 0. The van der Waals surface area contributed by atoms with Crippen molar-refractivity contribution < 1.29 is 41.6 Å². The molecule has 0 unspecified atom stereocenters. The average Bonchev–Trinajstić information content (AvgIpc) is 2.98. The Bertz CT molecular complexity index is 500. The number of rotatable bonds is 0. The maximum absolute atomic E-state index is 9.06. The van der Waals surface area contributed by atoms with Crippen LogP contribution in [0, 0.1) is 12.3 Å². The van der Waals surface area contributed by atoms with Crippen molar-refractivity contribution in [2.24, 2.45) is 0 Å². The summed E-state index contributed by atoms with van der Waals surface area (Å²) in [4.78, 5) is 18.1. The number of hydrogen-bond donors (Lipinski definition) is 0. The Morgan fingerprint density at radius 1 is 1.00 bits per heavy atom. The number of hydrogen-bond acceptors (Lipinski definition) is 5. The molecule has 0 aromatic heterocycles. The molecule has 0 spiro atoms. The second-order valence-corrected chi connectivity index (χ2v) is 3.06. The molecule has 2 aromatic rings.